The van der Waals surface area contributed by atoms with Gasteiger partial charge in [0.15, 0.2) is 6.10 Å². The average Bonchev–Trinajstić information content (AvgIpc) is 1.38. The molecule has 94 heavy (non-hydrogen) atoms. The largest absolute Gasteiger partial charge is 0.381 e. The molecule has 4 heterocycles. The number of hydrogen-bond donors (Lipinski definition) is 9. The first-order chi connectivity index (χ1) is 43.7. The summed E-state index contributed by atoms with van der Waals surface area (Å²) in [4.78, 5) is 155. The molecule has 518 valence electrons. The van der Waals surface area contributed by atoms with E-state index in [-0.39, 0.29) is 83.7 Å². The van der Waals surface area contributed by atoms with Gasteiger partial charge in [0.05, 0.1) is 38.3 Å². The number of aliphatic hydroxyl groups is 1. The number of ketones is 1. The van der Waals surface area contributed by atoms with Gasteiger partial charge in [-0.1, -0.05) is 104 Å². The first-order valence-electron chi connectivity index (χ1n) is 32.5. The lowest BCUT2D eigenvalue weighted by Gasteiger charge is -2.44. The van der Waals surface area contributed by atoms with Crippen molar-refractivity contribution in [1.82, 2.24) is 61.3 Å². The highest BCUT2D eigenvalue weighted by Crippen LogP contribution is 2.34. The Labute approximate surface area is 549 Å². The third-order valence-electron chi connectivity index (χ3n) is 18.1. The predicted molar refractivity (Wildman–Crippen MR) is 343 cm³/mol. The molecule has 4 aliphatic heterocycles. The number of rotatable bonds is 16. The number of piperazine rings is 2. The van der Waals surface area contributed by atoms with Crippen molar-refractivity contribution in [2.45, 2.75) is 214 Å². The first kappa shape index (κ1) is 73.2. The molecule has 28 heteroatoms. The van der Waals surface area contributed by atoms with Crippen LogP contribution in [0.4, 0.5) is 28.0 Å². The molecule has 0 spiro atoms. The molecular formula is C66H98F2N14O12. The standard InChI is InChI=1S/C33H50FN7O6.C33H48FN7O6/c2*1-32(2,3)26(37-30(46)38-33(4,5)6)29(45)39-13-14-41(31(47)40-16-20-11-8-12-22(34)21(20)17-40)24(18-39)28(44)36-23(25(42)27(35)43)15-19-9-7-10-19/h8,11-12,19,23-26,42H,7,9-10,13-18H2,1-6H3,(H2,35,43)(H,36,44)(H2,37,38,46);8,11-12,19,23-24,26H,7,9-10,13-18H2,1-6H3,(H2,35,43)(H,36,44)(H2,37,38,46)/t23?,24-,25?,26-;23?,24-,26-/m11/s1. The van der Waals surface area contributed by atoms with Gasteiger partial charge in [-0.2, -0.15) is 0 Å². The number of hydrogen-bond acceptors (Lipinski definition) is 12. The van der Waals surface area contributed by atoms with Gasteiger partial charge in [0.2, 0.25) is 35.3 Å². The highest BCUT2D eigenvalue weighted by Gasteiger charge is 2.48. The van der Waals surface area contributed by atoms with Gasteiger partial charge in [-0.25, -0.2) is 28.0 Å². The van der Waals surface area contributed by atoms with Gasteiger partial charge in [-0.3, -0.25) is 33.6 Å². The zero-order chi connectivity index (χ0) is 69.7. The van der Waals surface area contributed by atoms with Crippen molar-refractivity contribution in [3.63, 3.8) is 0 Å². The Morgan fingerprint density at radius 2 is 0.926 bits per heavy atom. The van der Waals surface area contributed by atoms with Crippen molar-refractivity contribution in [3.8, 4) is 0 Å². The number of nitrogens with zero attached hydrogens (tertiary/aromatic N) is 6. The van der Waals surface area contributed by atoms with E-state index in [1.54, 1.807) is 24.3 Å². The van der Waals surface area contributed by atoms with E-state index >= 15 is 0 Å². The first-order valence-corrected chi connectivity index (χ1v) is 32.5. The summed E-state index contributed by atoms with van der Waals surface area (Å²) in [5.41, 5.74) is 10.4. The van der Waals surface area contributed by atoms with Gasteiger partial charge >= 0.3 is 24.1 Å². The van der Waals surface area contributed by atoms with Gasteiger partial charge in [0.25, 0.3) is 5.91 Å². The van der Waals surface area contributed by atoms with Crippen LogP contribution in [0.15, 0.2) is 36.4 Å². The Balaban J connectivity index is 0.000000266. The lowest BCUT2D eigenvalue weighted by molar-refractivity contribution is -0.143. The molecule has 2 saturated heterocycles. The van der Waals surface area contributed by atoms with Gasteiger partial charge in [-0.15, -0.1) is 0 Å². The van der Waals surface area contributed by atoms with E-state index in [9.17, 15) is 66.6 Å². The summed E-state index contributed by atoms with van der Waals surface area (Å²) >= 11 is 0. The molecule has 6 aliphatic rings. The van der Waals surface area contributed by atoms with Crippen LogP contribution in [0, 0.1) is 34.3 Å². The second kappa shape index (κ2) is 29.6. The van der Waals surface area contributed by atoms with E-state index in [0.717, 1.165) is 38.5 Å². The lowest BCUT2D eigenvalue weighted by atomic mass is 9.79. The second-order valence-corrected chi connectivity index (χ2v) is 30.1. The van der Waals surface area contributed by atoms with E-state index < -0.39 is 141 Å². The van der Waals surface area contributed by atoms with Crippen LogP contribution >= 0.6 is 0 Å². The summed E-state index contributed by atoms with van der Waals surface area (Å²) in [7, 11) is 0. The molecule has 7 atom stereocenters. The highest BCUT2D eigenvalue weighted by atomic mass is 19.1. The van der Waals surface area contributed by atoms with Gasteiger partial charge < -0.3 is 77.9 Å². The number of fused-ring (bicyclic) bond motifs is 2. The van der Waals surface area contributed by atoms with Crippen molar-refractivity contribution in [1.29, 1.82) is 0 Å². The third kappa shape index (κ3) is 18.6. The Morgan fingerprint density at radius 3 is 1.27 bits per heavy atom. The maximum atomic E-state index is 14.5. The van der Waals surface area contributed by atoms with Crippen LogP contribution in [0.3, 0.4) is 0 Å². The number of carbonyl (C=O) groups excluding carboxylic acids is 11. The average molecular weight is 1320 g/mol. The highest BCUT2D eigenvalue weighted by molar-refractivity contribution is 6.37. The minimum atomic E-state index is -1.64. The molecule has 2 aromatic carbocycles. The molecular weight excluding hydrogens is 1220 g/mol. The van der Waals surface area contributed by atoms with Crippen LogP contribution < -0.4 is 43.4 Å². The van der Waals surface area contributed by atoms with Crippen molar-refractivity contribution < 1.29 is 66.6 Å². The molecule has 14 amide bonds. The van der Waals surface area contributed by atoms with Crippen LogP contribution in [0.1, 0.15) is 157 Å². The number of amides is 14. The number of carbonyl (C=O) groups is 11. The van der Waals surface area contributed by atoms with Crippen molar-refractivity contribution >= 4 is 65.4 Å². The number of nitrogens with two attached hydrogens (primary N) is 2. The van der Waals surface area contributed by atoms with E-state index in [4.69, 9.17) is 11.5 Å². The Kier molecular flexibility index (Phi) is 23.1. The normalized spacial score (nSPS) is 20.0. The van der Waals surface area contributed by atoms with Crippen LogP contribution in [-0.2, 0) is 59.7 Å². The molecule has 2 aliphatic carbocycles. The summed E-state index contributed by atoms with van der Waals surface area (Å²) < 4.78 is 29.1. The molecule has 26 nitrogen and oxygen atoms in total. The summed E-state index contributed by atoms with van der Waals surface area (Å²) in [6.07, 6.45) is 4.40. The number of benzene rings is 2. The summed E-state index contributed by atoms with van der Waals surface area (Å²) in [5.74, 6) is -5.84. The van der Waals surface area contributed by atoms with Crippen LogP contribution in [0.25, 0.3) is 0 Å². The molecule has 4 fully saturated rings. The quantitative estimate of drug-likeness (QED) is 0.108. The number of aliphatic hydroxyl groups excluding tert-OH is 1. The smallest absolute Gasteiger partial charge is 0.321 e. The van der Waals surface area contributed by atoms with Gasteiger partial charge in [0.1, 0.15) is 35.8 Å². The number of halogens is 2. The molecule has 0 radical (unpaired) electrons. The minimum Gasteiger partial charge on any atom is -0.381 e. The van der Waals surface area contributed by atoms with Crippen LogP contribution in [0.5, 0.6) is 0 Å². The third-order valence-corrected chi connectivity index (χ3v) is 18.1. The molecule has 8 rings (SSSR count). The molecule has 11 N–H and O–H groups in total. The topological polar surface area (TPSA) is 352 Å². The number of Topliss-reactive ketones (excluding diaryl/α,β-unsaturated/α-hetero) is 1. The molecule has 3 unspecified atom stereocenters. The molecule has 0 bridgehead atoms. The number of nitrogens with one attached hydrogen (secondary N) is 6. The Bertz CT molecular complexity index is 3210. The van der Waals surface area contributed by atoms with Crippen LogP contribution in [0.2, 0.25) is 0 Å². The maximum Gasteiger partial charge on any atom is 0.321 e. The fraction of sp³-hybridized carbons (Fsp3) is 0.652. The number of primary amides is 2. The Hall–Kier alpha value is -8.17. The summed E-state index contributed by atoms with van der Waals surface area (Å²) in [5, 5.41) is 27.2. The molecule has 2 saturated carbocycles. The molecule has 0 aromatic heterocycles. The predicted octanol–water partition coefficient (Wildman–Crippen LogP) is 3.82. The minimum absolute atomic E-state index is 0.0116. The lowest BCUT2D eigenvalue weighted by Crippen LogP contribution is -2.67. The van der Waals surface area contributed by atoms with E-state index in [1.165, 1.54) is 41.5 Å². The van der Waals surface area contributed by atoms with Gasteiger partial charge in [0, 0.05) is 61.5 Å². The van der Waals surface area contributed by atoms with Crippen LogP contribution in [-0.4, -0.2) is 193 Å². The Morgan fingerprint density at radius 1 is 0.532 bits per heavy atom. The number of urea groups is 4. The van der Waals surface area contributed by atoms with Crippen molar-refractivity contribution in [2.75, 3.05) is 39.3 Å². The van der Waals surface area contributed by atoms with E-state index in [2.05, 4.69) is 31.9 Å². The summed E-state index contributed by atoms with van der Waals surface area (Å²) in [6, 6.07) is 0.662. The zero-order valence-electron chi connectivity index (χ0n) is 56.4. The fourth-order valence-corrected chi connectivity index (χ4v) is 12.5. The SMILES string of the molecule is CC(C)(C)NC(=O)N[C@H](C(=O)N1CCN(C(=O)N2Cc3cccc(F)c3C2)[C@@H](C(=O)NC(CC2CCC2)C(=O)C(N)=O)C1)C(C)(C)C.CC(C)(C)NC(=O)N[C@H](C(=O)N1CCN(C(=O)N2Cc3cccc(F)c3C2)[C@@H](C(=O)NC(CC2CCC2)C(O)C(N)=O)C1)C(C)(C)C. The second-order valence-electron chi connectivity index (χ2n) is 30.1. The van der Waals surface area contributed by atoms with Gasteiger partial charge in [-0.05, 0) is 100 Å². The maximum absolute atomic E-state index is 14.5. The van der Waals surface area contributed by atoms with Crippen molar-refractivity contribution in [2.24, 2.45) is 34.1 Å². The zero-order valence-corrected chi connectivity index (χ0v) is 56.4. The van der Waals surface area contributed by atoms with E-state index in [0.29, 0.717) is 28.7 Å². The van der Waals surface area contributed by atoms with E-state index in [1.807, 2.05) is 83.1 Å². The summed E-state index contributed by atoms with van der Waals surface area (Å²) in [6.45, 7) is 21.7. The fourth-order valence-electron chi connectivity index (χ4n) is 12.5. The monoisotopic (exact) mass is 1320 g/mol. The molecule has 2 aromatic rings. The van der Waals surface area contributed by atoms with Crippen molar-refractivity contribution in [3.05, 3.63) is 70.3 Å².